The highest BCUT2D eigenvalue weighted by atomic mass is 35.5. The highest BCUT2D eigenvalue weighted by Crippen LogP contribution is 2.25. The molecule has 0 fully saturated rings. The Hall–Kier alpha value is -1.59. The lowest BCUT2D eigenvalue weighted by molar-refractivity contribution is -0.119. The summed E-state index contributed by atoms with van der Waals surface area (Å²) in [4.78, 5) is 22.6. The second kappa shape index (κ2) is 6.98. The van der Waals surface area contributed by atoms with Crippen molar-refractivity contribution < 1.29 is 14.3 Å². The minimum atomic E-state index is -0.307. The monoisotopic (exact) mass is 270 g/mol. The van der Waals surface area contributed by atoms with Crippen LogP contribution in [0, 0.1) is 0 Å². The fraction of sp³-hybridized carbons (Fsp3) is 0.333. The molecular formula is C12H15ClN2O3. The molecule has 18 heavy (non-hydrogen) atoms. The van der Waals surface area contributed by atoms with E-state index in [1.165, 1.54) is 7.11 Å². The van der Waals surface area contributed by atoms with Gasteiger partial charge in [0.15, 0.2) is 0 Å². The number of nitrogens with one attached hydrogen (secondary N) is 2. The van der Waals surface area contributed by atoms with Crippen LogP contribution >= 0.6 is 11.6 Å². The summed E-state index contributed by atoms with van der Waals surface area (Å²) in [6, 6.07) is 4.88. The van der Waals surface area contributed by atoms with E-state index >= 15 is 0 Å². The van der Waals surface area contributed by atoms with Gasteiger partial charge in [0.05, 0.1) is 10.7 Å². The Labute approximate surface area is 110 Å². The van der Waals surface area contributed by atoms with Gasteiger partial charge >= 0.3 is 0 Å². The molecule has 1 rings (SSSR count). The van der Waals surface area contributed by atoms with E-state index in [1.54, 1.807) is 25.1 Å². The summed E-state index contributed by atoms with van der Waals surface area (Å²) >= 11 is 5.94. The third-order valence-electron chi connectivity index (χ3n) is 2.12. The van der Waals surface area contributed by atoms with Crippen molar-refractivity contribution in [3.63, 3.8) is 0 Å². The van der Waals surface area contributed by atoms with Gasteiger partial charge in [0.1, 0.15) is 6.61 Å². The maximum absolute atomic E-state index is 11.4. The van der Waals surface area contributed by atoms with Crippen LogP contribution in [0.1, 0.15) is 13.3 Å². The Morgan fingerprint density at radius 2 is 2.00 bits per heavy atom. The molecule has 0 bridgehead atoms. The molecular weight excluding hydrogens is 256 g/mol. The Bertz CT molecular complexity index is 449. The van der Waals surface area contributed by atoms with E-state index in [-0.39, 0.29) is 18.4 Å². The zero-order valence-corrected chi connectivity index (χ0v) is 11.0. The van der Waals surface area contributed by atoms with E-state index in [2.05, 4.69) is 10.6 Å². The van der Waals surface area contributed by atoms with Crippen LogP contribution in [0.15, 0.2) is 18.2 Å². The number of anilines is 2. The first-order valence-corrected chi connectivity index (χ1v) is 5.82. The van der Waals surface area contributed by atoms with Gasteiger partial charge in [-0.15, -0.1) is 0 Å². The summed E-state index contributed by atoms with van der Waals surface area (Å²) in [7, 11) is 1.43. The number of halogens is 1. The Kier molecular flexibility index (Phi) is 5.61. The third kappa shape index (κ3) is 4.35. The highest BCUT2D eigenvalue weighted by molar-refractivity contribution is 6.33. The standard InChI is InChI=1S/C12H15ClN2O3/c1-3-11(16)14-8-4-5-9(13)10(6-8)15-12(17)7-18-2/h4-6H,3,7H2,1-2H3,(H,14,16)(H,15,17). The number of hydrogen-bond acceptors (Lipinski definition) is 3. The van der Waals surface area contributed by atoms with Gasteiger partial charge in [-0.3, -0.25) is 9.59 Å². The van der Waals surface area contributed by atoms with Gasteiger partial charge in [-0.1, -0.05) is 18.5 Å². The van der Waals surface area contributed by atoms with Gasteiger partial charge in [0.2, 0.25) is 11.8 Å². The minimum absolute atomic E-state index is 0.0537. The first-order chi connectivity index (χ1) is 8.56. The van der Waals surface area contributed by atoms with E-state index in [1.807, 2.05) is 0 Å². The van der Waals surface area contributed by atoms with Crippen LogP contribution in [0.5, 0.6) is 0 Å². The van der Waals surface area contributed by atoms with Gasteiger partial charge in [-0.25, -0.2) is 0 Å². The summed E-state index contributed by atoms with van der Waals surface area (Å²) in [5.74, 6) is -0.412. The fourth-order valence-corrected chi connectivity index (χ4v) is 1.43. The fourth-order valence-electron chi connectivity index (χ4n) is 1.27. The number of carbonyl (C=O) groups is 2. The molecule has 5 nitrogen and oxygen atoms in total. The van der Waals surface area contributed by atoms with E-state index < -0.39 is 0 Å². The largest absolute Gasteiger partial charge is 0.375 e. The normalized spacial score (nSPS) is 9.94. The number of benzene rings is 1. The molecule has 0 aromatic heterocycles. The molecule has 0 aliphatic heterocycles. The van der Waals surface area contributed by atoms with Crippen molar-refractivity contribution in [3.05, 3.63) is 23.2 Å². The highest BCUT2D eigenvalue weighted by Gasteiger charge is 2.07. The number of ether oxygens (including phenoxy) is 1. The number of amides is 2. The van der Waals surface area contributed by atoms with E-state index in [0.29, 0.717) is 22.8 Å². The summed E-state index contributed by atoms with van der Waals surface area (Å²) in [5.41, 5.74) is 1.02. The van der Waals surface area contributed by atoms with Crippen molar-refractivity contribution >= 4 is 34.8 Å². The molecule has 2 N–H and O–H groups in total. The molecule has 1 aromatic rings. The van der Waals surface area contributed by atoms with Gasteiger partial charge in [-0.2, -0.15) is 0 Å². The molecule has 0 saturated heterocycles. The number of carbonyl (C=O) groups excluding carboxylic acids is 2. The topological polar surface area (TPSA) is 67.4 Å². The molecule has 0 heterocycles. The molecule has 2 amide bonds. The van der Waals surface area contributed by atoms with Crippen molar-refractivity contribution in [3.8, 4) is 0 Å². The van der Waals surface area contributed by atoms with Crippen molar-refractivity contribution in [2.24, 2.45) is 0 Å². The predicted octanol–water partition coefficient (Wildman–Crippen LogP) is 2.27. The van der Waals surface area contributed by atoms with Crippen LogP contribution in [0.2, 0.25) is 5.02 Å². The second-order valence-electron chi connectivity index (χ2n) is 3.58. The summed E-state index contributed by atoms with van der Waals surface area (Å²) in [6.07, 6.45) is 0.383. The molecule has 0 aliphatic rings. The number of rotatable bonds is 5. The number of hydrogen-bond donors (Lipinski definition) is 2. The third-order valence-corrected chi connectivity index (χ3v) is 2.45. The van der Waals surface area contributed by atoms with Gasteiger partial charge in [-0.05, 0) is 18.2 Å². The molecule has 0 unspecified atom stereocenters. The molecule has 0 atom stereocenters. The van der Waals surface area contributed by atoms with E-state index in [0.717, 1.165) is 0 Å². The summed E-state index contributed by atoms with van der Waals surface area (Å²) < 4.78 is 4.70. The van der Waals surface area contributed by atoms with E-state index in [4.69, 9.17) is 16.3 Å². The number of methoxy groups -OCH3 is 1. The van der Waals surface area contributed by atoms with Gasteiger partial charge in [0, 0.05) is 19.2 Å². The molecule has 98 valence electrons. The zero-order valence-electron chi connectivity index (χ0n) is 10.2. The van der Waals surface area contributed by atoms with Crippen LogP contribution in [0.3, 0.4) is 0 Å². The molecule has 1 aromatic carbocycles. The molecule has 0 saturated carbocycles. The minimum Gasteiger partial charge on any atom is -0.375 e. The molecule has 6 heteroatoms. The second-order valence-corrected chi connectivity index (χ2v) is 3.98. The van der Waals surface area contributed by atoms with Crippen LogP contribution in [-0.2, 0) is 14.3 Å². The first kappa shape index (κ1) is 14.5. The van der Waals surface area contributed by atoms with Gasteiger partial charge < -0.3 is 15.4 Å². The Morgan fingerprint density at radius 1 is 1.28 bits per heavy atom. The zero-order chi connectivity index (χ0) is 13.5. The van der Waals surface area contributed by atoms with Crippen molar-refractivity contribution in [1.82, 2.24) is 0 Å². The summed E-state index contributed by atoms with van der Waals surface area (Å²) in [5, 5.41) is 5.68. The maximum atomic E-state index is 11.4. The lowest BCUT2D eigenvalue weighted by Crippen LogP contribution is -2.17. The average molecular weight is 271 g/mol. The van der Waals surface area contributed by atoms with Crippen molar-refractivity contribution in [2.75, 3.05) is 24.4 Å². The van der Waals surface area contributed by atoms with Crippen LogP contribution in [-0.4, -0.2) is 25.5 Å². The summed E-state index contributed by atoms with van der Waals surface area (Å²) in [6.45, 7) is 1.70. The quantitative estimate of drug-likeness (QED) is 0.862. The van der Waals surface area contributed by atoms with Crippen molar-refractivity contribution in [1.29, 1.82) is 0 Å². The predicted molar refractivity (Wildman–Crippen MR) is 70.9 cm³/mol. The molecule has 0 aliphatic carbocycles. The average Bonchev–Trinajstić information content (AvgIpc) is 2.33. The Morgan fingerprint density at radius 3 is 2.61 bits per heavy atom. The first-order valence-electron chi connectivity index (χ1n) is 5.45. The molecule has 0 radical (unpaired) electrons. The van der Waals surface area contributed by atoms with Crippen LogP contribution < -0.4 is 10.6 Å². The SMILES string of the molecule is CCC(=O)Nc1ccc(Cl)c(NC(=O)COC)c1. The lowest BCUT2D eigenvalue weighted by Gasteiger charge is -2.10. The van der Waals surface area contributed by atoms with E-state index in [9.17, 15) is 9.59 Å². The molecule has 0 spiro atoms. The Balaban J connectivity index is 2.80. The van der Waals surface area contributed by atoms with Crippen molar-refractivity contribution in [2.45, 2.75) is 13.3 Å². The maximum Gasteiger partial charge on any atom is 0.250 e. The smallest absolute Gasteiger partial charge is 0.250 e. The van der Waals surface area contributed by atoms with Gasteiger partial charge in [0.25, 0.3) is 0 Å². The van der Waals surface area contributed by atoms with Crippen LogP contribution in [0.4, 0.5) is 11.4 Å². The lowest BCUT2D eigenvalue weighted by atomic mass is 10.2. The van der Waals surface area contributed by atoms with Crippen LogP contribution in [0.25, 0.3) is 0 Å².